The van der Waals surface area contributed by atoms with Crippen LogP contribution in [0.15, 0.2) is 53.6 Å². The third-order valence-corrected chi connectivity index (χ3v) is 10.0. The summed E-state index contributed by atoms with van der Waals surface area (Å²) in [7, 11) is -3.75. The van der Waals surface area contributed by atoms with E-state index < -0.39 is 21.9 Å². The van der Waals surface area contributed by atoms with Gasteiger partial charge in [0.05, 0.1) is 17.6 Å². The van der Waals surface area contributed by atoms with Gasteiger partial charge >= 0.3 is 5.97 Å². The number of aliphatic carboxylic acids is 1. The fourth-order valence-corrected chi connectivity index (χ4v) is 7.42. The van der Waals surface area contributed by atoms with Crippen LogP contribution in [0.4, 0.5) is 0 Å². The van der Waals surface area contributed by atoms with Gasteiger partial charge in [0.1, 0.15) is 10.4 Å². The Morgan fingerprint density at radius 2 is 1.95 bits per heavy atom. The van der Waals surface area contributed by atoms with Crippen LogP contribution in [0, 0.1) is 19.8 Å². The Bertz CT molecular complexity index is 1680. The lowest BCUT2D eigenvalue weighted by molar-refractivity contribution is -0.137. The number of rotatable bonds is 8. The fraction of sp³-hybridized carbons (Fsp3) is 0.400. The van der Waals surface area contributed by atoms with Crippen LogP contribution in [0.5, 0.6) is 0 Å². The molecule has 210 valence electrons. The van der Waals surface area contributed by atoms with Gasteiger partial charge in [0.15, 0.2) is 0 Å². The van der Waals surface area contributed by atoms with Crippen molar-refractivity contribution >= 4 is 27.0 Å². The number of carboxylic acids is 1. The number of aryl methyl sites for hydroxylation is 3. The second-order valence-electron chi connectivity index (χ2n) is 10.6. The maximum Gasteiger partial charge on any atom is 0.304 e. The summed E-state index contributed by atoms with van der Waals surface area (Å²) in [5.41, 5.74) is 6.70. The van der Waals surface area contributed by atoms with Gasteiger partial charge in [-0.15, -0.1) is 5.10 Å². The molecular formula is C30H35N5O4S. The predicted molar refractivity (Wildman–Crippen MR) is 153 cm³/mol. The number of fused-ring (bicyclic) bond motifs is 2. The first-order valence-corrected chi connectivity index (χ1v) is 15.2. The van der Waals surface area contributed by atoms with Crippen LogP contribution in [0.3, 0.4) is 0 Å². The Morgan fingerprint density at radius 3 is 2.67 bits per heavy atom. The molecule has 1 N–H and O–H groups in total. The second-order valence-corrected chi connectivity index (χ2v) is 12.5. The molecule has 0 aliphatic carbocycles. The summed E-state index contributed by atoms with van der Waals surface area (Å²) in [4.78, 5) is 16.7. The number of aromatic nitrogens is 4. The lowest BCUT2D eigenvalue weighted by Gasteiger charge is -2.25. The maximum atomic E-state index is 13.8. The zero-order chi connectivity index (χ0) is 28.6. The number of carboxylic acid groups (broad SMARTS) is 1. The summed E-state index contributed by atoms with van der Waals surface area (Å²) in [5.74, 6) is -1.18. The smallest absolute Gasteiger partial charge is 0.304 e. The van der Waals surface area contributed by atoms with E-state index in [1.54, 1.807) is 22.6 Å². The zero-order valence-corrected chi connectivity index (χ0v) is 24.1. The first-order chi connectivity index (χ1) is 19.1. The molecular weight excluding hydrogens is 526 g/mol. The number of benzene rings is 2. The highest BCUT2D eigenvalue weighted by molar-refractivity contribution is 7.89. The third-order valence-electron chi connectivity index (χ3n) is 8.15. The van der Waals surface area contributed by atoms with Gasteiger partial charge in [-0.2, -0.15) is 4.31 Å². The Hall–Kier alpha value is -3.63. The minimum Gasteiger partial charge on any atom is -0.481 e. The van der Waals surface area contributed by atoms with Crippen LogP contribution in [0.1, 0.15) is 66.1 Å². The van der Waals surface area contributed by atoms with Gasteiger partial charge in [-0.25, -0.2) is 13.1 Å². The number of sulfonamides is 1. The molecule has 0 radical (unpaired) electrons. The van der Waals surface area contributed by atoms with E-state index in [0.29, 0.717) is 25.2 Å². The van der Waals surface area contributed by atoms with Crippen LogP contribution in [0.2, 0.25) is 0 Å². The summed E-state index contributed by atoms with van der Waals surface area (Å²) in [5, 5.41) is 18.5. The Kier molecular flexibility index (Phi) is 7.74. The largest absolute Gasteiger partial charge is 0.481 e. The Morgan fingerprint density at radius 1 is 1.15 bits per heavy atom. The van der Waals surface area contributed by atoms with Gasteiger partial charge in [-0.1, -0.05) is 42.8 Å². The molecule has 40 heavy (non-hydrogen) atoms. The standard InChI is InChI=1S/C30H35N5O4S/c1-5-21-14-26-28(8-7-13-31-26)40(38,39)34(17-21)18-23-15-22(10-9-19(23)3)25(16-29(36)37)24-11-12-27-30(20(24)4)32-33-35(27)6-2/h7-13,15,21,25H,5-6,14,16-18H2,1-4H3,(H,36,37)/t21-,25-/m0/s1. The molecule has 0 fully saturated rings. The number of hydrogen-bond donors (Lipinski definition) is 1. The monoisotopic (exact) mass is 561 g/mol. The molecule has 4 aromatic rings. The molecule has 0 spiro atoms. The van der Waals surface area contributed by atoms with Gasteiger partial charge in [-0.3, -0.25) is 9.78 Å². The predicted octanol–water partition coefficient (Wildman–Crippen LogP) is 4.84. The van der Waals surface area contributed by atoms with Crippen LogP contribution in [-0.4, -0.2) is 50.3 Å². The van der Waals surface area contributed by atoms with Crippen molar-refractivity contribution < 1.29 is 18.3 Å². The maximum absolute atomic E-state index is 13.8. The number of carbonyl (C=O) groups is 1. The number of pyridine rings is 1. The molecule has 3 heterocycles. The van der Waals surface area contributed by atoms with E-state index >= 15 is 0 Å². The zero-order valence-electron chi connectivity index (χ0n) is 23.3. The van der Waals surface area contributed by atoms with E-state index in [1.165, 1.54) is 0 Å². The minimum atomic E-state index is -3.75. The first-order valence-electron chi connectivity index (χ1n) is 13.7. The quantitative estimate of drug-likeness (QED) is 0.327. The molecule has 0 amide bonds. The van der Waals surface area contributed by atoms with Crippen LogP contribution < -0.4 is 0 Å². The van der Waals surface area contributed by atoms with Gasteiger partial charge in [0, 0.05) is 31.7 Å². The van der Waals surface area contributed by atoms with E-state index in [9.17, 15) is 18.3 Å². The number of hydrogen-bond acceptors (Lipinski definition) is 6. The van der Waals surface area contributed by atoms with Crippen molar-refractivity contribution in [3.05, 3.63) is 82.2 Å². The highest BCUT2D eigenvalue weighted by atomic mass is 32.2. The summed E-state index contributed by atoms with van der Waals surface area (Å²) in [6.07, 6.45) is 3.00. The molecule has 0 saturated carbocycles. The highest BCUT2D eigenvalue weighted by Crippen LogP contribution is 2.35. The van der Waals surface area contributed by atoms with Crippen molar-refractivity contribution in [2.45, 2.75) is 70.9 Å². The molecule has 1 aliphatic rings. The van der Waals surface area contributed by atoms with E-state index in [-0.39, 0.29) is 23.8 Å². The average Bonchev–Trinajstić information content (AvgIpc) is 3.32. The van der Waals surface area contributed by atoms with Crippen LogP contribution >= 0.6 is 0 Å². The van der Waals surface area contributed by atoms with E-state index in [2.05, 4.69) is 22.2 Å². The topological polar surface area (TPSA) is 118 Å². The van der Waals surface area contributed by atoms with Gasteiger partial charge in [0.2, 0.25) is 10.0 Å². The van der Waals surface area contributed by atoms with Gasteiger partial charge < -0.3 is 5.11 Å². The first kappa shape index (κ1) is 27.9. The third kappa shape index (κ3) is 5.13. The molecule has 0 bridgehead atoms. The molecule has 2 aromatic carbocycles. The normalized spacial score (nSPS) is 17.9. The van der Waals surface area contributed by atoms with Crippen molar-refractivity contribution in [3.8, 4) is 0 Å². The van der Waals surface area contributed by atoms with Crippen molar-refractivity contribution in [1.29, 1.82) is 0 Å². The molecule has 1 aliphatic heterocycles. The summed E-state index contributed by atoms with van der Waals surface area (Å²) >= 11 is 0. The molecule has 0 unspecified atom stereocenters. The van der Waals surface area contributed by atoms with Gasteiger partial charge in [0.25, 0.3) is 0 Å². The van der Waals surface area contributed by atoms with Crippen LogP contribution in [0.25, 0.3) is 11.0 Å². The minimum absolute atomic E-state index is 0.101. The average molecular weight is 562 g/mol. The molecule has 9 nitrogen and oxygen atoms in total. The summed E-state index contributed by atoms with van der Waals surface area (Å²) in [6.45, 7) is 9.29. The SMILES string of the molecule is CC[C@H]1Cc2ncccc2S(=O)(=O)N(Cc2cc([C@H](CC(=O)O)c3ccc4c(nnn4CC)c3C)ccc2C)C1. The molecule has 2 atom stereocenters. The van der Waals surface area contributed by atoms with E-state index in [1.807, 2.05) is 55.8 Å². The summed E-state index contributed by atoms with van der Waals surface area (Å²) in [6, 6.07) is 13.1. The Balaban J connectivity index is 1.56. The van der Waals surface area contributed by atoms with E-state index in [0.717, 1.165) is 45.3 Å². The second kappa shape index (κ2) is 11.1. The van der Waals surface area contributed by atoms with Crippen molar-refractivity contribution in [2.75, 3.05) is 6.54 Å². The molecule has 10 heteroatoms. The highest BCUT2D eigenvalue weighted by Gasteiger charge is 2.34. The Labute approximate surface area is 234 Å². The molecule has 2 aromatic heterocycles. The van der Waals surface area contributed by atoms with Crippen LogP contribution in [-0.2, 0) is 34.3 Å². The lowest BCUT2D eigenvalue weighted by atomic mass is 9.84. The van der Waals surface area contributed by atoms with Gasteiger partial charge in [-0.05, 0) is 79.1 Å². The number of nitrogens with zero attached hydrogens (tertiary/aromatic N) is 5. The summed E-state index contributed by atoms with van der Waals surface area (Å²) < 4.78 is 30.9. The fourth-order valence-electron chi connectivity index (χ4n) is 5.74. The lowest BCUT2D eigenvalue weighted by Crippen LogP contribution is -2.33. The van der Waals surface area contributed by atoms with E-state index in [4.69, 9.17) is 0 Å². The van der Waals surface area contributed by atoms with Crippen molar-refractivity contribution in [2.24, 2.45) is 5.92 Å². The van der Waals surface area contributed by atoms with Crippen molar-refractivity contribution in [3.63, 3.8) is 0 Å². The molecule has 0 saturated heterocycles. The molecule has 5 rings (SSSR count). The van der Waals surface area contributed by atoms with Crippen molar-refractivity contribution in [1.82, 2.24) is 24.3 Å².